The Labute approximate surface area is 184 Å². The lowest BCUT2D eigenvalue weighted by Gasteiger charge is -2.10. The Bertz CT molecular complexity index is 1330. The highest BCUT2D eigenvalue weighted by atomic mass is 32.2. The van der Waals surface area contributed by atoms with E-state index < -0.39 is 10.0 Å². The minimum Gasteiger partial charge on any atom is -0.322 e. The standard InChI is InChI=1S/C21H19N7O3S/c1-14-11-20(25-15(2)24-14)27-32(30,31)19-9-5-17(6-10-19)26-21(29)16-3-7-18(8-4-16)28-13-22-12-23-28/h3-13H,1-2H3,(H,26,29)(H,24,25,27). The van der Waals surface area contributed by atoms with Crippen LogP contribution in [-0.2, 0) is 10.0 Å². The predicted molar refractivity (Wildman–Crippen MR) is 118 cm³/mol. The van der Waals surface area contributed by atoms with Crippen molar-refractivity contribution >= 4 is 27.4 Å². The van der Waals surface area contributed by atoms with E-state index in [9.17, 15) is 13.2 Å². The van der Waals surface area contributed by atoms with Gasteiger partial charge >= 0.3 is 0 Å². The molecule has 0 saturated carbocycles. The molecule has 4 aromatic rings. The molecule has 0 aliphatic rings. The first-order valence-corrected chi connectivity index (χ1v) is 11.0. The Morgan fingerprint density at radius 2 is 1.69 bits per heavy atom. The zero-order valence-corrected chi connectivity index (χ0v) is 18.0. The lowest BCUT2D eigenvalue weighted by molar-refractivity contribution is 0.102. The molecule has 1 amide bonds. The number of carbonyl (C=O) groups excluding carboxylic acids is 1. The Balaban J connectivity index is 1.44. The summed E-state index contributed by atoms with van der Waals surface area (Å²) in [6.45, 7) is 3.44. The number of anilines is 2. The molecule has 0 aliphatic carbocycles. The van der Waals surface area contributed by atoms with Gasteiger partial charge in [0.05, 0.1) is 10.6 Å². The molecule has 0 atom stereocenters. The molecule has 2 aromatic carbocycles. The highest BCUT2D eigenvalue weighted by Gasteiger charge is 2.16. The first-order chi connectivity index (χ1) is 15.3. The number of hydrogen-bond donors (Lipinski definition) is 2. The summed E-state index contributed by atoms with van der Waals surface area (Å²) in [5.74, 6) is 0.340. The Hall–Kier alpha value is -4.12. The van der Waals surface area contributed by atoms with Crippen LogP contribution in [0.2, 0.25) is 0 Å². The fourth-order valence-corrected chi connectivity index (χ4v) is 3.99. The van der Waals surface area contributed by atoms with E-state index in [-0.39, 0.29) is 16.6 Å². The molecule has 0 spiro atoms. The van der Waals surface area contributed by atoms with Gasteiger partial charge in [0.1, 0.15) is 24.3 Å². The van der Waals surface area contributed by atoms with Gasteiger partial charge in [0.2, 0.25) is 0 Å². The molecular formula is C21H19N7O3S. The summed E-state index contributed by atoms with van der Waals surface area (Å²) in [4.78, 5) is 24.7. The second-order valence-electron chi connectivity index (χ2n) is 6.91. The molecular weight excluding hydrogens is 430 g/mol. The van der Waals surface area contributed by atoms with Crippen molar-refractivity contribution in [1.29, 1.82) is 0 Å². The molecule has 11 heteroatoms. The maximum absolute atomic E-state index is 12.6. The van der Waals surface area contributed by atoms with E-state index in [4.69, 9.17) is 0 Å². The van der Waals surface area contributed by atoms with Crippen LogP contribution < -0.4 is 10.0 Å². The van der Waals surface area contributed by atoms with E-state index in [2.05, 4.69) is 30.1 Å². The summed E-state index contributed by atoms with van der Waals surface area (Å²) in [6, 6.07) is 14.2. The van der Waals surface area contributed by atoms with Gasteiger partial charge in [-0.25, -0.2) is 28.1 Å². The van der Waals surface area contributed by atoms with Crippen molar-refractivity contribution in [2.45, 2.75) is 18.7 Å². The zero-order valence-electron chi connectivity index (χ0n) is 17.2. The molecule has 0 saturated heterocycles. The Morgan fingerprint density at radius 1 is 0.969 bits per heavy atom. The number of carbonyl (C=O) groups is 1. The summed E-state index contributed by atoms with van der Waals surface area (Å²) in [6.07, 6.45) is 2.99. The highest BCUT2D eigenvalue weighted by molar-refractivity contribution is 7.92. The van der Waals surface area contributed by atoms with Crippen molar-refractivity contribution in [1.82, 2.24) is 24.7 Å². The van der Waals surface area contributed by atoms with E-state index >= 15 is 0 Å². The lowest BCUT2D eigenvalue weighted by atomic mass is 10.2. The van der Waals surface area contributed by atoms with Gasteiger partial charge in [0, 0.05) is 23.0 Å². The molecule has 162 valence electrons. The number of aryl methyl sites for hydroxylation is 2. The molecule has 0 fully saturated rings. The van der Waals surface area contributed by atoms with Gasteiger partial charge in [0.25, 0.3) is 15.9 Å². The van der Waals surface area contributed by atoms with Crippen LogP contribution in [-0.4, -0.2) is 39.1 Å². The smallest absolute Gasteiger partial charge is 0.263 e. The van der Waals surface area contributed by atoms with E-state index in [0.29, 0.717) is 22.8 Å². The first-order valence-electron chi connectivity index (χ1n) is 9.52. The quantitative estimate of drug-likeness (QED) is 0.462. The monoisotopic (exact) mass is 449 g/mol. The van der Waals surface area contributed by atoms with Gasteiger partial charge in [-0.05, 0) is 62.4 Å². The third-order valence-electron chi connectivity index (χ3n) is 4.44. The number of sulfonamides is 1. The maximum Gasteiger partial charge on any atom is 0.263 e. The number of amides is 1. The van der Waals surface area contributed by atoms with Gasteiger partial charge in [0.15, 0.2) is 0 Å². The summed E-state index contributed by atoms with van der Waals surface area (Å²) in [7, 11) is -3.84. The molecule has 2 heterocycles. The average Bonchev–Trinajstić information content (AvgIpc) is 3.28. The SMILES string of the molecule is Cc1cc(NS(=O)(=O)c2ccc(NC(=O)c3ccc(-n4cncn4)cc3)cc2)nc(C)n1. The van der Waals surface area contributed by atoms with E-state index in [1.54, 1.807) is 55.2 Å². The number of nitrogens with zero attached hydrogens (tertiary/aromatic N) is 5. The van der Waals surface area contributed by atoms with Crippen molar-refractivity contribution < 1.29 is 13.2 Å². The summed E-state index contributed by atoms with van der Waals surface area (Å²) < 4.78 is 29.3. The van der Waals surface area contributed by atoms with E-state index in [1.165, 1.54) is 30.6 Å². The number of nitrogens with one attached hydrogen (secondary N) is 2. The van der Waals surface area contributed by atoms with Gasteiger partial charge in [-0.2, -0.15) is 5.10 Å². The van der Waals surface area contributed by atoms with Gasteiger partial charge in [-0.15, -0.1) is 0 Å². The Kier molecular flexibility index (Phi) is 5.65. The molecule has 2 N–H and O–H groups in total. The number of aromatic nitrogens is 5. The maximum atomic E-state index is 12.6. The number of hydrogen-bond acceptors (Lipinski definition) is 7. The van der Waals surface area contributed by atoms with Crippen LogP contribution in [0.5, 0.6) is 0 Å². The summed E-state index contributed by atoms with van der Waals surface area (Å²) >= 11 is 0. The molecule has 2 aromatic heterocycles. The van der Waals surface area contributed by atoms with Crippen LogP contribution >= 0.6 is 0 Å². The van der Waals surface area contributed by atoms with Gasteiger partial charge < -0.3 is 5.32 Å². The minimum atomic E-state index is -3.84. The van der Waals surface area contributed by atoms with Crippen molar-refractivity contribution in [3.8, 4) is 5.69 Å². The van der Waals surface area contributed by atoms with Crippen LogP contribution in [0.25, 0.3) is 5.69 Å². The second-order valence-corrected chi connectivity index (χ2v) is 8.60. The minimum absolute atomic E-state index is 0.0432. The normalized spacial score (nSPS) is 11.2. The Morgan fingerprint density at radius 3 is 2.31 bits per heavy atom. The van der Waals surface area contributed by atoms with Crippen LogP contribution in [0.1, 0.15) is 21.9 Å². The molecule has 0 radical (unpaired) electrons. The van der Waals surface area contributed by atoms with Crippen molar-refractivity contribution in [2.75, 3.05) is 10.0 Å². The van der Waals surface area contributed by atoms with Crippen LogP contribution in [0, 0.1) is 13.8 Å². The number of rotatable bonds is 6. The first kappa shape index (κ1) is 21.1. The average molecular weight is 449 g/mol. The third-order valence-corrected chi connectivity index (χ3v) is 5.81. The summed E-state index contributed by atoms with van der Waals surface area (Å²) in [5.41, 5.74) is 2.34. The molecule has 10 nitrogen and oxygen atoms in total. The highest BCUT2D eigenvalue weighted by Crippen LogP contribution is 2.18. The molecule has 4 rings (SSSR count). The fraction of sp³-hybridized carbons (Fsp3) is 0.0952. The fourth-order valence-electron chi connectivity index (χ4n) is 2.99. The second kappa shape index (κ2) is 8.55. The molecule has 0 aliphatic heterocycles. The van der Waals surface area contributed by atoms with Crippen LogP contribution in [0.3, 0.4) is 0 Å². The topological polar surface area (TPSA) is 132 Å². The predicted octanol–water partition coefficient (Wildman–Crippen LogP) is 2.73. The molecule has 0 bridgehead atoms. The molecule has 0 unspecified atom stereocenters. The number of benzene rings is 2. The van der Waals surface area contributed by atoms with Crippen molar-refractivity contribution in [3.63, 3.8) is 0 Å². The summed E-state index contributed by atoms with van der Waals surface area (Å²) in [5, 5.41) is 6.78. The van der Waals surface area contributed by atoms with Crippen LogP contribution in [0.15, 0.2) is 72.1 Å². The largest absolute Gasteiger partial charge is 0.322 e. The van der Waals surface area contributed by atoms with Crippen LogP contribution in [0.4, 0.5) is 11.5 Å². The van der Waals surface area contributed by atoms with E-state index in [1.807, 2.05) is 0 Å². The van der Waals surface area contributed by atoms with Gasteiger partial charge in [-0.1, -0.05) is 0 Å². The van der Waals surface area contributed by atoms with Crippen molar-refractivity contribution in [2.24, 2.45) is 0 Å². The zero-order chi connectivity index (χ0) is 22.7. The van der Waals surface area contributed by atoms with Gasteiger partial charge in [-0.3, -0.25) is 9.52 Å². The molecule has 32 heavy (non-hydrogen) atoms. The van der Waals surface area contributed by atoms with Crippen molar-refractivity contribution in [3.05, 3.63) is 84.3 Å². The van der Waals surface area contributed by atoms with E-state index in [0.717, 1.165) is 5.69 Å². The lowest BCUT2D eigenvalue weighted by Crippen LogP contribution is -2.15. The third kappa shape index (κ3) is 4.78.